The third kappa shape index (κ3) is 3.69. The third-order valence-corrected chi connectivity index (χ3v) is 2.78. The smallest absolute Gasteiger partial charge is 0.222 e. The Morgan fingerprint density at radius 3 is 2.77 bits per heavy atom. The fourth-order valence-corrected chi connectivity index (χ4v) is 1.85. The Labute approximate surface area is 83.1 Å². The molecule has 0 atom stereocenters. The number of likely N-dealkylation sites (tertiary alicyclic amines) is 1. The predicted molar refractivity (Wildman–Crippen MR) is 53.1 cm³/mol. The Kier molecular flexibility index (Phi) is 4.69. The highest BCUT2D eigenvalue weighted by atomic mass is 32.2. The van der Waals surface area contributed by atoms with Gasteiger partial charge in [-0.2, -0.15) is 5.26 Å². The van der Waals surface area contributed by atoms with Gasteiger partial charge in [0.1, 0.15) is 5.40 Å². The number of hydrogen-bond acceptors (Lipinski definition) is 3. The number of thiocyanates is 1. The molecule has 1 saturated heterocycles. The van der Waals surface area contributed by atoms with Crippen molar-refractivity contribution in [3.05, 3.63) is 0 Å². The summed E-state index contributed by atoms with van der Waals surface area (Å²) in [7, 11) is 0. The first-order chi connectivity index (χ1) is 6.34. The molecule has 0 unspecified atom stereocenters. The summed E-state index contributed by atoms with van der Waals surface area (Å²) in [6, 6.07) is 0. The maximum absolute atomic E-state index is 11.4. The molecule has 0 radical (unpaired) electrons. The van der Waals surface area contributed by atoms with Gasteiger partial charge in [-0.25, -0.2) is 0 Å². The average Bonchev–Trinajstić information content (AvgIpc) is 2.65. The van der Waals surface area contributed by atoms with Crippen LogP contribution in [-0.2, 0) is 4.79 Å². The number of hydrogen-bond donors (Lipinski definition) is 0. The number of carbonyl (C=O) groups is 1. The van der Waals surface area contributed by atoms with Gasteiger partial charge in [-0.05, 0) is 31.0 Å². The fraction of sp³-hybridized carbons (Fsp3) is 0.778. The van der Waals surface area contributed by atoms with Crippen LogP contribution < -0.4 is 0 Å². The quantitative estimate of drug-likeness (QED) is 0.509. The Morgan fingerprint density at radius 2 is 2.15 bits per heavy atom. The highest BCUT2D eigenvalue weighted by Crippen LogP contribution is 2.11. The molecule has 3 nitrogen and oxygen atoms in total. The first kappa shape index (κ1) is 10.4. The monoisotopic (exact) mass is 198 g/mol. The number of thioether (sulfide) groups is 1. The lowest BCUT2D eigenvalue weighted by Gasteiger charge is -2.14. The molecule has 0 spiro atoms. The van der Waals surface area contributed by atoms with Gasteiger partial charge in [-0.3, -0.25) is 4.79 Å². The van der Waals surface area contributed by atoms with E-state index in [0.29, 0.717) is 6.42 Å². The van der Waals surface area contributed by atoms with Gasteiger partial charge in [-0.15, -0.1) is 0 Å². The topological polar surface area (TPSA) is 44.1 Å². The second kappa shape index (κ2) is 5.87. The second-order valence-electron chi connectivity index (χ2n) is 3.13. The lowest BCUT2D eigenvalue weighted by Crippen LogP contribution is -2.27. The molecule has 1 aliphatic heterocycles. The van der Waals surface area contributed by atoms with E-state index < -0.39 is 0 Å². The molecule has 1 heterocycles. The molecule has 1 rings (SSSR count). The van der Waals surface area contributed by atoms with Gasteiger partial charge in [0.15, 0.2) is 0 Å². The third-order valence-electron chi connectivity index (χ3n) is 2.16. The van der Waals surface area contributed by atoms with Crippen LogP contribution in [0.3, 0.4) is 0 Å². The molecular formula is C9H14N2OS. The molecule has 0 bridgehead atoms. The lowest BCUT2D eigenvalue weighted by atomic mass is 10.3. The zero-order valence-electron chi connectivity index (χ0n) is 7.66. The van der Waals surface area contributed by atoms with E-state index in [0.717, 1.165) is 38.1 Å². The standard InChI is InChI=1S/C9H14N2OS/c10-8-13-7-3-4-9(12)11-5-1-2-6-11/h1-7H2. The molecule has 13 heavy (non-hydrogen) atoms. The summed E-state index contributed by atoms with van der Waals surface area (Å²) in [6.45, 7) is 1.87. The van der Waals surface area contributed by atoms with E-state index in [9.17, 15) is 4.79 Å². The zero-order chi connectivity index (χ0) is 9.52. The largest absolute Gasteiger partial charge is 0.343 e. The number of nitrogens with zero attached hydrogens (tertiary/aromatic N) is 2. The van der Waals surface area contributed by atoms with Crippen molar-refractivity contribution in [1.82, 2.24) is 4.90 Å². The second-order valence-corrected chi connectivity index (χ2v) is 4.01. The van der Waals surface area contributed by atoms with Crippen LogP contribution in [0, 0.1) is 10.7 Å². The summed E-state index contributed by atoms with van der Waals surface area (Å²) in [5, 5.41) is 10.3. The van der Waals surface area contributed by atoms with E-state index >= 15 is 0 Å². The van der Waals surface area contributed by atoms with Crippen molar-refractivity contribution in [1.29, 1.82) is 5.26 Å². The van der Waals surface area contributed by atoms with Gasteiger partial charge >= 0.3 is 0 Å². The summed E-state index contributed by atoms with van der Waals surface area (Å²) < 4.78 is 0. The minimum Gasteiger partial charge on any atom is -0.343 e. The molecule has 1 fully saturated rings. The van der Waals surface area contributed by atoms with Gasteiger partial charge in [0.2, 0.25) is 5.91 Å². The molecule has 0 aromatic heterocycles. The van der Waals surface area contributed by atoms with E-state index in [2.05, 4.69) is 0 Å². The number of carbonyl (C=O) groups excluding carboxylic acids is 1. The molecule has 0 aliphatic carbocycles. The van der Waals surface area contributed by atoms with E-state index in [1.165, 1.54) is 11.8 Å². The first-order valence-corrected chi connectivity index (χ1v) is 5.62. The van der Waals surface area contributed by atoms with Crippen LogP contribution in [0.4, 0.5) is 0 Å². The minimum atomic E-state index is 0.260. The number of rotatable bonds is 4. The van der Waals surface area contributed by atoms with Crippen LogP contribution in [0.2, 0.25) is 0 Å². The van der Waals surface area contributed by atoms with Crippen LogP contribution in [-0.4, -0.2) is 29.6 Å². The van der Waals surface area contributed by atoms with E-state index in [1.54, 1.807) is 0 Å². The summed E-state index contributed by atoms with van der Waals surface area (Å²) in [5.41, 5.74) is 0. The van der Waals surface area contributed by atoms with Crippen molar-refractivity contribution in [2.75, 3.05) is 18.8 Å². The number of nitriles is 1. The Balaban J connectivity index is 2.07. The molecule has 0 aromatic carbocycles. The van der Waals surface area contributed by atoms with Crippen molar-refractivity contribution in [3.8, 4) is 5.40 Å². The SMILES string of the molecule is N#CSCCCC(=O)N1CCCC1. The molecule has 0 saturated carbocycles. The van der Waals surface area contributed by atoms with Crippen LogP contribution in [0.1, 0.15) is 25.7 Å². The van der Waals surface area contributed by atoms with Gasteiger partial charge in [0.25, 0.3) is 0 Å². The summed E-state index contributed by atoms with van der Waals surface area (Å²) >= 11 is 1.23. The van der Waals surface area contributed by atoms with E-state index in [4.69, 9.17) is 5.26 Å². The Bertz CT molecular complexity index is 206. The van der Waals surface area contributed by atoms with Crippen molar-refractivity contribution >= 4 is 17.7 Å². The highest BCUT2D eigenvalue weighted by molar-refractivity contribution is 8.03. The Hall–Kier alpha value is -0.690. The van der Waals surface area contributed by atoms with Crippen LogP contribution in [0.15, 0.2) is 0 Å². The zero-order valence-corrected chi connectivity index (χ0v) is 8.48. The fourth-order valence-electron chi connectivity index (χ4n) is 1.47. The van der Waals surface area contributed by atoms with Gasteiger partial charge < -0.3 is 4.90 Å². The van der Waals surface area contributed by atoms with Gasteiger partial charge in [0.05, 0.1) is 0 Å². The number of amides is 1. The van der Waals surface area contributed by atoms with Crippen LogP contribution in [0.5, 0.6) is 0 Å². The predicted octanol–water partition coefficient (Wildman–Crippen LogP) is 1.60. The maximum atomic E-state index is 11.4. The van der Waals surface area contributed by atoms with Gasteiger partial charge in [0, 0.05) is 25.3 Å². The molecule has 1 amide bonds. The summed E-state index contributed by atoms with van der Waals surface area (Å²) in [6.07, 6.45) is 3.74. The lowest BCUT2D eigenvalue weighted by molar-refractivity contribution is -0.130. The molecular weight excluding hydrogens is 184 g/mol. The molecule has 0 aromatic rings. The first-order valence-electron chi connectivity index (χ1n) is 4.63. The minimum absolute atomic E-state index is 0.260. The van der Waals surface area contributed by atoms with Crippen LogP contribution >= 0.6 is 11.8 Å². The molecule has 4 heteroatoms. The average molecular weight is 198 g/mol. The van der Waals surface area contributed by atoms with Crippen molar-refractivity contribution in [2.24, 2.45) is 0 Å². The van der Waals surface area contributed by atoms with Crippen molar-refractivity contribution in [2.45, 2.75) is 25.7 Å². The normalized spacial score (nSPS) is 15.8. The highest BCUT2D eigenvalue weighted by Gasteiger charge is 2.16. The summed E-state index contributed by atoms with van der Waals surface area (Å²) in [4.78, 5) is 13.4. The molecule has 72 valence electrons. The van der Waals surface area contributed by atoms with E-state index in [-0.39, 0.29) is 5.91 Å². The molecule has 0 N–H and O–H groups in total. The van der Waals surface area contributed by atoms with Crippen molar-refractivity contribution < 1.29 is 4.79 Å². The van der Waals surface area contributed by atoms with Crippen molar-refractivity contribution in [3.63, 3.8) is 0 Å². The maximum Gasteiger partial charge on any atom is 0.222 e. The van der Waals surface area contributed by atoms with E-state index in [1.807, 2.05) is 10.3 Å². The Morgan fingerprint density at radius 1 is 1.46 bits per heavy atom. The van der Waals surface area contributed by atoms with Crippen LogP contribution in [0.25, 0.3) is 0 Å². The van der Waals surface area contributed by atoms with Gasteiger partial charge in [-0.1, -0.05) is 0 Å². The molecule has 1 aliphatic rings. The summed E-state index contributed by atoms with van der Waals surface area (Å²) in [5.74, 6) is 1.03.